The summed E-state index contributed by atoms with van der Waals surface area (Å²) in [5.74, 6) is -1.70. The predicted octanol–water partition coefficient (Wildman–Crippen LogP) is 3.15. The second-order valence-electron chi connectivity index (χ2n) is 7.90. The first-order chi connectivity index (χ1) is 16.0. The van der Waals surface area contributed by atoms with Crippen molar-refractivity contribution >= 4 is 46.8 Å². The average molecular weight is 468 g/mol. The topological polar surface area (TPSA) is 105 Å². The Morgan fingerprint density at radius 1 is 1.18 bits per heavy atom. The van der Waals surface area contributed by atoms with E-state index in [1.165, 1.54) is 11.8 Å². The lowest BCUT2D eigenvalue weighted by Gasteiger charge is -2.35. The number of amides is 3. The number of hydrogen-bond donors (Lipinski definition) is 2. The Morgan fingerprint density at radius 2 is 2.00 bits per heavy atom. The summed E-state index contributed by atoms with van der Waals surface area (Å²) in [6.45, 7) is 2.75. The van der Waals surface area contributed by atoms with E-state index in [1.54, 1.807) is 42.2 Å². The van der Waals surface area contributed by atoms with Gasteiger partial charge >= 0.3 is 5.97 Å². The fourth-order valence-electron chi connectivity index (χ4n) is 3.95. The molecule has 0 aromatic heterocycles. The van der Waals surface area contributed by atoms with E-state index in [4.69, 9.17) is 4.74 Å². The molecule has 2 heterocycles. The second-order valence-corrected chi connectivity index (χ2v) is 9.04. The van der Waals surface area contributed by atoms with Gasteiger partial charge in [0.05, 0.1) is 23.8 Å². The number of rotatable bonds is 5. The summed E-state index contributed by atoms with van der Waals surface area (Å²) in [4.78, 5) is 53.0. The zero-order chi connectivity index (χ0) is 23.4. The zero-order valence-corrected chi connectivity index (χ0v) is 19.0. The third-order valence-corrected chi connectivity index (χ3v) is 6.86. The molecule has 172 valence electrons. The van der Waals surface area contributed by atoms with Crippen LogP contribution in [0.25, 0.3) is 0 Å². The number of thioether (sulfide) groups is 1. The Kier molecular flexibility index (Phi) is 6.98. The van der Waals surface area contributed by atoms with Gasteiger partial charge < -0.3 is 20.3 Å². The third-order valence-electron chi connectivity index (χ3n) is 5.60. The van der Waals surface area contributed by atoms with Gasteiger partial charge in [-0.2, -0.15) is 0 Å². The van der Waals surface area contributed by atoms with Gasteiger partial charge in [-0.15, -0.1) is 11.8 Å². The molecule has 2 aliphatic heterocycles. The Morgan fingerprint density at radius 3 is 2.82 bits per heavy atom. The molecule has 2 aromatic rings. The summed E-state index contributed by atoms with van der Waals surface area (Å²) in [6.07, 6.45) is 1.31. The molecule has 1 saturated heterocycles. The number of piperidine rings is 1. The van der Waals surface area contributed by atoms with Crippen molar-refractivity contribution in [2.75, 3.05) is 30.3 Å². The number of esters is 1. The van der Waals surface area contributed by atoms with Crippen LogP contribution < -0.4 is 10.6 Å². The predicted molar refractivity (Wildman–Crippen MR) is 125 cm³/mol. The second kappa shape index (κ2) is 10.1. The lowest BCUT2D eigenvalue weighted by atomic mass is 9.96. The van der Waals surface area contributed by atoms with Gasteiger partial charge in [-0.3, -0.25) is 14.4 Å². The standard InChI is InChI=1S/C24H25N3O5S/c1-2-32-24(31)15-7-5-9-17(13-15)25-21(28)16-8-6-12-27(14-16)23(30)20-22(29)26-18-10-3-4-11-19(18)33-20/h3-5,7,9-11,13,16,20H,2,6,8,12,14H2,1H3,(H,25,28)(H,26,29)/t16-,20+/m1/s1. The Labute approximate surface area is 196 Å². The van der Waals surface area contributed by atoms with Crippen LogP contribution >= 0.6 is 11.8 Å². The molecule has 2 N–H and O–H groups in total. The van der Waals surface area contributed by atoms with Crippen molar-refractivity contribution in [3.05, 3.63) is 54.1 Å². The van der Waals surface area contributed by atoms with Gasteiger partial charge in [0.1, 0.15) is 0 Å². The number of carbonyl (C=O) groups is 4. The largest absolute Gasteiger partial charge is 0.462 e. The average Bonchev–Trinajstić information content (AvgIpc) is 2.83. The van der Waals surface area contributed by atoms with E-state index in [1.807, 2.05) is 18.2 Å². The number of hydrogen-bond acceptors (Lipinski definition) is 6. The summed E-state index contributed by atoms with van der Waals surface area (Å²) in [5, 5.41) is 4.76. The summed E-state index contributed by atoms with van der Waals surface area (Å²) >= 11 is 1.24. The van der Waals surface area contributed by atoms with Gasteiger partial charge in [-0.05, 0) is 50.1 Å². The molecule has 3 amide bonds. The minimum atomic E-state index is -0.872. The van der Waals surface area contributed by atoms with Gasteiger partial charge in [0.2, 0.25) is 17.7 Å². The van der Waals surface area contributed by atoms with Crippen molar-refractivity contribution in [3.8, 4) is 0 Å². The molecule has 4 rings (SSSR count). The number of nitrogens with zero attached hydrogens (tertiary/aromatic N) is 1. The Hall–Kier alpha value is -3.33. The van der Waals surface area contributed by atoms with E-state index < -0.39 is 17.1 Å². The highest BCUT2D eigenvalue weighted by Crippen LogP contribution is 2.36. The maximum absolute atomic E-state index is 13.1. The number of carbonyl (C=O) groups excluding carboxylic acids is 4. The van der Waals surface area contributed by atoms with Crippen molar-refractivity contribution in [1.82, 2.24) is 4.90 Å². The van der Waals surface area contributed by atoms with Crippen LogP contribution in [0.15, 0.2) is 53.4 Å². The van der Waals surface area contributed by atoms with Crippen molar-refractivity contribution in [1.29, 1.82) is 0 Å². The molecule has 0 spiro atoms. The number of nitrogens with one attached hydrogen (secondary N) is 2. The van der Waals surface area contributed by atoms with Crippen LogP contribution in [0.3, 0.4) is 0 Å². The van der Waals surface area contributed by atoms with E-state index in [0.717, 1.165) is 4.90 Å². The van der Waals surface area contributed by atoms with Crippen molar-refractivity contribution < 1.29 is 23.9 Å². The fourth-order valence-corrected chi connectivity index (χ4v) is 5.03. The smallest absolute Gasteiger partial charge is 0.338 e. The molecule has 0 bridgehead atoms. The first-order valence-corrected chi connectivity index (χ1v) is 11.8. The molecular formula is C24H25N3O5S. The normalized spacial score (nSPS) is 19.8. The lowest BCUT2D eigenvalue weighted by Crippen LogP contribution is -2.50. The third kappa shape index (κ3) is 5.19. The molecule has 0 saturated carbocycles. The number of para-hydroxylation sites is 1. The number of fused-ring (bicyclic) bond motifs is 1. The number of ether oxygens (including phenoxy) is 1. The number of likely N-dealkylation sites (tertiary alicyclic amines) is 1. The molecular weight excluding hydrogens is 442 g/mol. The van der Waals surface area contributed by atoms with E-state index in [2.05, 4.69) is 10.6 Å². The molecule has 2 atom stereocenters. The van der Waals surface area contributed by atoms with Crippen molar-refractivity contribution in [2.24, 2.45) is 5.92 Å². The summed E-state index contributed by atoms with van der Waals surface area (Å²) < 4.78 is 5.00. The van der Waals surface area contributed by atoms with Crippen LogP contribution in [0.1, 0.15) is 30.1 Å². The minimum absolute atomic E-state index is 0.223. The SMILES string of the molecule is CCOC(=O)c1cccc(NC(=O)[C@@H]2CCCN(C(=O)[C@H]3Sc4ccccc4NC3=O)C2)c1. The van der Waals surface area contributed by atoms with Crippen molar-refractivity contribution in [3.63, 3.8) is 0 Å². The van der Waals surface area contributed by atoms with E-state index >= 15 is 0 Å². The fraction of sp³-hybridized carbons (Fsp3) is 0.333. The van der Waals surface area contributed by atoms with Crippen LogP contribution in [0, 0.1) is 5.92 Å². The summed E-state index contributed by atoms with van der Waals surface area (Å²) in [7, 11) is 0. The lowest BCUT2D eigenvalue weighted by molar-refractivity contribution is -0.136. The molecule has 2 aliphatic rings. The van der Waals surface area contributed by atoms with Gasteiger partial charge in [0.15, 0.2) is 5.25 Å². The highest BCUT2D eigenvalue weighted by atomic mass is 32.2. The van der Waals surface area contributed by atoms with Crippen LogP contribution in [0.4, 0.5) is 11.4 Å². The molecule has 0 unspecified atom stereocenters. The molecule has 0 radical (unpaired) electrons. The van der Waals surface area contributed by atoms with Gasteiger partial charge in [0, 0.05) is 23.7 Å². The first kappa shape index (κ1) is 22.8. The highest BCUT2D eigenvalue weighted by molar-refractivity contribution is 8.01. The van der Waals surface area contributed by atoms with Crippen LogP contribution in [0.2, 0.25) is 0 Å². The minimum Gasteiger partial charge on any atom is -0.462 e. The van der Waals surface area contributed by atoms with Gasteiger partial charge in [0.25, 0.3) is 0 Å². The molecule has 0 aliphatic carbocycles. The Bertz CT molecular complexity index is 1090. The monoisotopic (exact) mass is 467 g/mol. The maximum Gasteiger partial charge on any atom is 0.338 e. The zero-order valence-electron chi connectivity index (χ0n) is 18.2. The molecule has 2 aromatic carbocycles. The maximum atomic E-state index is 13.1. The number of anilines is 2. The van der Waals surface area contributed by atoms with E-state index in [0.29, 0.717) is 36.3 Å². The van der Waals surface area contributed by atoms with Crippen LogP contribution in [-0.4, -0.2) is 53.5 Å². The molecule has 8 nitrogen and oxygen atoms in total. The van der Waals surface area contributed by atoms with Gasteiger partial charge in [-0.1, -0.05) is 18.2 Å². The van der Waals surface area contributed by atoms with Gasteiger partial charge in [-0.25, -0.2) is 4.79 Å². The van der Waals surface area contributed by atoms with Crippen LogP contribution in [-0.2, 0) is 19.1 Å². The number of benzene rings is 2. The highest BCUT2D eigenvalue weighted by Gasteiger charge is 2.38. The van der Waals surface area contributed by atoms with Crippen LogP contribution in [0.5, 0.6) is 0 Å². The van der Waals surface area contributed by atoms with E-state index in [9.17, 15) is 19.2 Å². The molecule has 1 fully saturated rings. The van der Waals surface area contributed by atoms with E-state index in [-0.39, 0.29) is 30.9 Å². The summed E-state index contributed by atoms with van der Waals surface area (Å²) in [5.41, 5.74) is 1.56. The summed E-state index contributed by atoms with van der Waals surface area (Å²) in [6, 6.07) is 13.9. The quantitative estimate of drug-likeness (QED) is 0.517. The Balaban J connectivity index is 1.40. The first-order valence-electron chi connectivity index (χ1n) is 10.9. The molecule has 33 heavy (non-hydrogen) atoms. The molecule has 9 heteroatoms. The van der Waals surface area contributed by atoms with Crippen molar-refractivity contribution in [2.45, 2.75) is 29.9 Å².